The van der Waals surface area contributed by atoms with Gasteiger partial charge >= 0.3 is 5.97 Å². The number of carboxylic acids is 1. The molecule has 0 bridgehead atoms. The van der Waals surface area contributed by atoms with E-state index in [0.29, 0.717) is 5.56 Å². The van der Waals surface area contributed by atoms with Gasteiger partial charge in [-0.05, 0) is 5.18 Å². The molecule has 0 spiro atoms. The largest absolute Gasteiger partial charge is 0.480 e. The number of rotatable bonds is 4. The van der Waals surface area contributed by atoms with Crippen molar-refractivity contribution >= 4 is 11.8 Å². The Labute approximate surface area is 72.9 Å². The molecular formula is C6H8N4O3. The Morgan fingerprint density at radius 3 is 3.08 bits per heavy atom. The second kappa shape index (κ2) is 3.76. The fraction of sp³-hybridized carbons (Fsp3) is 0.333. The van der Waals surface area contributed by atoms with E-state index in [-0.39, 0.29) is 12.2 Å². The molecule has 0 aliphatic heterocycles. The molecule has 1 atom stereocenters. The monoisotopic (exact) mass is 184 g/mol. The number of carbonyl (C=O) groups is 1. The van der Waals surface area contributed by atoms with Gasteiger partial charge in [-0.15, -0.1) is 4.91 Å². The van der Waals surface area contributed by atoms with Crippen LogP contribution in [0.2, 0.25) is 0 Å². The van der Waals surface area contributed by atoms with E-state index in [1.807, 2.05) is 0 Å². The lowest BCUT2D eigenvalue weighted by Crippen LogP contribution is -2.32. The number of aliphatic carboxylic acids is 1. The van der Waals surface area contributed by atoms with Crippen molar-refractivity contribution in [3.8, 4) is 0 Å². The summed E-state index contributed by atoms with van der Waals surface area (Å²) in [5.41, 5.74) is 5.65. The summed E-state index contributed by atoms with van der Waals surface area (Å²) >= 11 is 0. The molecule has 13 heavy (non-hydrogen) atoms. The van der Waals surface area contributed by atoms with Crippen LogP contribution in [0.15, 0.2) is 11.4 Å². The summed E-state index contributed by atoms with van der Waals surface area (Å²) in [6.07, 6.45) is 1.37. The van der Waals surface area contributed by atoms with Crippen molar-refractivity contribution < 1.29 is 9.90 Å². The Bertz CT molecular complexity index is 321. The molecular weight excluding hydrogens is 176 g/mol. The molecule has 4 N–H and O–H groups in total. The number of hydrogen-bond donors (Lipinski definition) is 3. The van der Waals surface area contributed by atoms with Gasteiger partial charge in [0.25, 0.3) is 0 Å². The van der Waals surface area contributed by atoms with Gasteiger partial charge in [0.15, 0.2) is 5.82 Å². The van der Waals surface area contributed by atoms with E-state index in [2.05, 4.69) is 15.4 Å². The zero-order chi connectivity index (χ0) is 9.84. The van der Waals surface area contributed by atoms with Crippen molar-refractivity contribution in [3.63, 3.8) is 0 Å². The van der Waals surface area contributed by atoms with E-state index in [1.165, 1.54) is 6.20 Å². The first-order valence-corrected chi connectivity index (χ1v) is 3.49. The Hall–Kier alpha value is -1.76. The first kappa shape index (κ1) is 9.33. The number of hydrogen-bond acceptors (Lipinski definition) is 5. The SMILES string of the molecule is N[C@@H](Cc1cn[nH]c1N=O)C(=O)O. The molecule has 0 aliphatic rings. The van der Waals surface area contributed by atoms with Gasteiger partial charge in [-0.3, -0.25) is 9.89 Å². The highest BCUT2D eigenvalue weighted by Crippen LogP contribution is 2.15. The number of H-pyrrole nitrogens is 1. The summed E-state index contributed by atoms with van der Waals surface area (Å²) in [5.74, 6) is -1.10. The number of aromatic amines is 1. The standard InChI is InChI=1S/C6H8N4O3/c7-4(6(11)12)1-3-2-8-9-5(3)10-13/h2,4H,1,7H2,(H,8,9)(H,11,12)/t4-/m0/s1. The molecule has 0 amide bonds. The molecule has 0 aromatic carbocycles. The van der Waals surface area contributed by atoms with Gasteiger partial charge in [0.1, 0.15) is 6.04 Å². The van der Waals surface area contributed by atoms with Gasteiger partial charge in [-0.25, -0.2) is 0 Å². The van der Waals surface area contributed by atoms with Gasteiger partial charge in [-0.1, -0.05) is 0 Å². The third-order valence-corrected chi connectivity index (χ3v) is 1.54. The van der Waals surface area contributed by atoms with Crippen LogP contribution in [-0.4, -0.2) is 27.3 Å². The van der Waals surface area contributed by atoms with Crippen molar-refractivity contribution in [2.75, 3.05) is 0 Å². The van der Waals surface area contributed by atoms with Crippen LogP contribution in [0, 0.1) is 4.91 Å². The van der Waals surface area contributed by atoms with Crippen LogP contribution in [0.4, 0.5) is 5.82 Å². The Morgan fingerprint density at radius 2 is 2.54 bits per heavy atom. The smallest absolute Gasteiger partial charge is 0.320 e. The van der Waals surface area contributed by atoms with Crippen LogP contribution >= 0.6 is 0 Å². The summed E-state index contributed by atoms with van der Waals surface area (Å²) in [4.78, 5) is 20.5. The van der Waals surface area contributed by atoms with Gasteiger partial charge in [0.2, 0.25) is 0 Å². The third kappa shape index (κ3) is 2.09. The average molecular weight is 184 g/mol. The molecule has 0 radical (unpaired) electrons. The molecule has 1 heterocycles. The molecule has 7 nitrogen and oxygen atoms in total. The lowest BCUT2D eigenvalue weighted by Gasteiger charge is -2.02. The van der Waals surface area contributed by atoms with Crippen molar-refractivity contribution in [2.24, 2.45) is 10.9 Å². The first-order chi connectivity index (χ1) is 6.15. The third-order valence-electron chi connectivity index (χ3n) is 1.54. The molecule has 7 heteroatoms. The van der Waals surface area contributed by atoms with E-state index in [0.717, 1.165) is 0 Å². The fourth-order valence-electron chi connectivity index (χ4n) is 0.857. The Morgan fingerprint density at radius 1 is 1.85 bits per heavy atom. The summed E-state index contributed by atoms with van der Waals surface area (Å²) in [6.45, 7) is 0. The Kier molecular flexibility index (Phi) is 2.70. The van der Waals surface area contributed by atoms with Crippen molar-refractivity contribution in [1.82, 2.24) is 10.2 Å². The summed E-state index contributed by atoms with van der Waals surface area (Å²) in [5, 5.41) is 17.0. The maximum atomic E-state index is 10.4. The van der Waals surface area contributed by atoms with Crippen LogP contribution in [0.3, 0.4) is 0 Å². The summed E-state index contributed by atoms with van der Waals surface area (Å²) in [7, 11) is 0. The zero-order valence-corrected chi connectivity index (χ0v) is 6.60. The quantitative estimate of drug-likeness (QED) is 0.557. The predicted octanol–water partition coefficient (Wildman–Crippen LogP) is -0.238. The number of nitrogens with two attached hydrogens (primary N) is 1. The average Bonchev–Trinajstić information content (AvgIpc) is 2.51. The minimum atomic E-state index is -1.13. The lowest BCUT2D eigenvalue weighted by molar-refractivity contribution is -0.138. The molecule has 0 saturated carbocycles. The molecule has 0 unspecified atom stereocenters. The molecule has 0 fully saturated rings. The summed E-state index contributed by atoms with van der Waals surface area (Å²) in [6, 6.07) is -1.04. The summed E-state index contributed by atoms with van der Waals surface area (Å²) < 4.78 is 0. The minimum absolute atomic E-state index is 0.0247. The maximum Gasteiger partial charge on any atom is 0.320 e. The second-order valence-electron chi connectivity index (χ2n) is 2.48. The van der Waals surface area contributed by atoms with Crippen molar-refractivity contribution in [2.45, 2.75) is 12.5 Å². The van der Waals surface area contributed by atoms with E-state index in [4.69, 9.17) is 10.8 Å². The van der Waals surface area contributed by atoms with Crippen LogP contribution in [-0.2, 0) is 11.2 Å². The molecule has 0 saturated heterocycles. The van der Waals surface area contributed by atoms with E-state index in [9.17, 15) is 9.70 Å². The maximum absolute atomic E-state index is 10.4. The van der Waals surface area contributed by atoms with Gasteiger partial charge in [0, 0.05) is 12.0 Å². The molecule has 70 valence electrons. The minimum Gasteiger partial charge on any atom is -0.480 e. The molecule has 1 aromatic rings. The van der Waals surface area contributed by atoms with E-state index in [1.54, 1.807) is 0 Å². The second-order valence-corrected chi connectivity index (χ2v) is 2.48. The van der Waals surface area contributed by atoms with Crippen LogP contribution in [0.5, 0.6) is 0 Å². The number of aromatic nitrogens is 2. The Balaban J connectivity index is 2.73. The van der Waals surface area contributed by atoms with Gasteiger partial charge in [-0.2, -0.15) is 5.10 Å². The topological polar surface area (TPSA) is 121 Å². The fourth-order valence-corrected chi connectivity index (χ4v) is 0.857. The van der Waals surface area contributed by atoms with Gasteiger partial charge in [0.05, 0.1) is 6.20 Å². The zero-order valence-electron chi connectivity index (χ0n) is 6.60. The van der Waals surface area contributed by atoms with E-state index >= 15 is 0 Å². The van der Waals surface area contributed by atoms with Crippen LogP contribution < -0.4 is 5.73 Å². The van der Waals surface area contributed by atoms with Crippen molar-refractivity contribution in [1.29, 1.82) is 0 Å². The van der Waals surface area contributed by atoms with Crippen LogP contribution in [0.25, 0.3) is 0 Å². The highest BCUT2D eigenvalue weighted by Gasteiger charge is 2.15. The highest BCUT2D eigenvalue weighted by molar-refractivity contribution is 5.73. The number of nitroso groups, excluding NO2 is 1. The van der Waals surface area contributed by atoms with Crippen molar-refractivity contribution in [3.05, 3.63) is 16.7 Å². The first-order valence-electron chi connectivity index (χ1n) is 3.49. The number of nitrogens with zero attached hydrogens (tertiary/aromatic N) is 2. The normalized spacial score (nSPS) is 12.4. The highest BCUT2D eigenvalue weighted by atomic mass is 16.4. The molecule has 1 aromatic heterocycles. The molecule has 1 rings (SSSR count). The van der Waals surface area contributed by atoms with E-state index < -0.39 is 12.0 Å². The molecule has 0 aliphatic carbocycles. The van der Waals surface area contributed by atoms with Gasteiger partial charge < -0.3 is 10.8 Å². The predicted molar refractivity (Wildman–Crippen MR) is 43.4 cm³/mol. The lowest BCUT2D eigenvalue weighted by atomic mass is 10.1. The number of carboxylic acid groups (broad SMARTS) is 1. The number of nitrogens with one attached hydrogen (secondary N) is 1. The van der Waals surface area contributed by atoms with Crippen LogP contribution in [0.1, 0.15) is 5.56 Å².